The minimum Gasteiger partial charge on any atom is -0.291 e. The van der Waals surface area contributed by atoms with Crippen molar-refractivity contribution in [1.82, 2.24) is 19.6 Å². The Bertz CT molecular complexity index is 470. The summed E-state index contributed by atoms with van der Waals surface area (Å²) in [5.74, 6) is 0.510. The standard InChI is InChI=1S/C8H10N4O/c1-2-3-6-4-7(13)10-8-11-9-5-12(6)8/h4-5H,2-3H2,1H3,(H,10,11,13). The summed E-state index contributed by atoms with van der Waals surface area (Å²) in [7, 11) is 0. The summed E-state index contributed by atoms with van der Waals surface area (Å²) in [6.07, 6.45) is 3.46. The molecule has 0 atom stereocenters. The van der Waals surface area contributed by atoms with E-state index in [0.717, 1.165) is 18.5 Å². The maximum atomic E-state index is 11.1. The van der Waals surface area contributed by atoms with Crippen molar-refractivity contribution in [3.05, 3.63) is 28.4 Å². The summed E-state index contributed by atoms with van der Waals surface area (Å²) in [5, 5.41) is 7.51. The zero-order valence-electron chi connectivity index (χ0n) is 7.32. The highest BCUT2D eigenvalue weighted by Crippen LogP contribution is 2.01. The Balaban J connectivity index is 2.70. The molecule has 0 saturated carbocycles. The van der Waals surface area contributed by atoms with Gasteiger partial charge in [-0.3, -0.25) is 14.2 Å². The van der Waals surface area contributed by atoms with Gasteiger partial charge in [-0.25, -0.2) is 0 Å². The second-order valence-corrected chi connectivity index (χ2v) is 2.90. The number of aromatic amines is 1. The highest BCUT2D eigenvalue weighted by molar-refractivity contribution is 5.27. The van der Waals surface area contributed by atoms with E-state index >= 15 is 0 Å². The largest absolute Gasteiger partial charge is 0.291 e. The van der Waals surface area contributed by atoms with E-state index in [-0.39, 0.29) is 5.56 Å². The molecule has 2 rings (SSSR count). The van der Waals surface area contributed by atoms with E-state index in [4.69, 9.17) is 0 Å². The summed E-state index contributed by atoms with van der Waals surface area (Å²) in [4.78, 5) is 13.7. The fraction of sp³-hybridized carbons (Fsp3) is 0.375. The van der Waals surface area contributed by atoms with Crippen LogP contribution in [0.4, 0.5) is 0 Å². The van der Waals surface area contributed by atoms with Crippen LogP contribution in [0.3, 0.4) is 0 Å². The van der Waals surface area contributed by atoms with E-state index in [0.29, 0.717) is 5.78 Å². The summed E-state index contributed by atoms with van der Waals surface area (Å²) in [5.41, 5.74) is 0.829. The van der Waals surface area contributed by atoms with Crippen molar-refractivity contribution in [2.75, 3.05) is 0 Å². The quantitative estimate of drug-likeness (QED) is 0.722. The van der Waals surface area contributed by atoms with Gasteiger partial charge in [0.05, 0.1) is 0 Å². The van der Waals surface area contributed by atoms with Gasteiger partial charge in [-0.15, -0.1) is 10.2 Å². The van der Waals surface area contributed by atoms with Gasteiger partial charge >= 0.3 is 0 Å². The number of nitrogens with zero attached hydrogens (tertiary/aromatic N) is 3. The van der Waals surface area contributed by atoms with Crippen LogP contribution >= 0.6 is 0 Å². The smallest absolute Gasteiger partial charge is 0.252 e. The zero-order chi connectivity index (χ0) is 9.26. The lowest BCUT2D eigenvalue weighted by Crippen LogP contribution is -2.10. The molecule has 68 valence electrons. The molecule has 0 spiro atoms. The molecule has 2 aromatic rings. The second kappa shape index (κ2) is 3.01. The molecule has 0 saturated heterocycles. The number of aryl methyl sites for hydroxylation is 1. The molecule has 5 nitrogen and oxygen atoms in total. The van der Waals surface area contributed by atoms with E-state index in [1.807, 2.05) is 0 Å². The van der Waals surface area contributed by atoms with Crippen LogP contribution in [0.15, 0.2) is 17.2 Å². The number of rotatable bonds is 2. The van der Waals surface area contributed by atoms with Crippen molar-refractivity contribution in [3.8, 4) is 0 Å². The molecule has 0 radical (unpaired) electrons. The summed E-state index contributed by atoms with van der Waals surface area (Å²) in [6, 6.07) is 1.58. The van der Waals surface area contributed by atoms with Crippen LogP contribution in [0.5, 0.6) is 0 Å². The van der Waals surface area contributed by atoms with Gasteiger partial charge in [0.1, 0.15) is 6.33 Å². The number of fused-ring (bicyclic) bond motifs is 1. The third-order valence-electron chi connectivity index (χ3n) is 1.90. The number of nitrogens with one attached hydrogen (secondary N) is 1. The molecule has 0 aliphatic carbocycles. The maximum absolute atomic E-state index is 11.1. The fourth-order valence-corrected chi connectivity index (χ4v) is 1.35. The Kier molecular flexibility index (Phi) is 1.84. The third kappa shape index (κ3) is 1.32. The van der Waals surface area contributed by atoms with E-state index < -0.39 is 0 Å². The molecule has 0 unspecified atom stereocenters. The fourth-order valence-electron chi connectivity index (χ4n) is 1.35. The van der Waals surface area contributed by atoms with Gasteiger partial charge in [-0.2, -0.15) is 0 Å². The summed E-state index contributed by atoms with van der Waals surface area (Å²) in [6.45, 7) is 2.07. The van der Waals surface area contributed by atoms with E-state index in [1.54, 1.807) is 16.8 Å². The highest BCUT2D eigenvalue weighted by atomic mass is 16.1. The van der Waals surface area contributed by atoms with Crippen molar-refractivity contribution in [1.29, 1.82) is 0 Å². The zero-order valence-corrected chi connectivity index (χ0v) is 7.32. The molecular formula is C8H10N4O. The predicted molar refractivity (Wildman–Crippen MR) is 47.6 cm³/mol. The lowest BCUT2D eigenvalue weighted by Gasteiger charge is -2.00. The van der Waals surface area contributed by atoms with E-state index in [2.05, 4.69) is 22.1 Å². The van der Waals surface area contributed by atoms with Gasteiger partial charge < -0.3 is 0 Å². The normalized spacial score (nSPS) is 10.8. The lowest BCUT2D eigenvalue weighted by atomic mass is 10.2. The molecule has 0 amide bonds. The Labute approximate surface area is 74.4 Å². The second-order valence-electron chi connectivity index (χ2n) is 2.90. The summed E-state index contributed by atoms with van der Waals surface area (Å²) < 4.78 is 1.80. The first kappa shape index (κ1) is 7.97. The van der Waals surface area contributed by atoms with E-state index in [9.17, 15) is 4.79 Å². The molecule has 13 heavy (non-hydrogen) atoms. The Hall–Kier alpha value is -1.65. The van der Waals surface area contributed by atoms with Crippen molar-refractivity contribution in [2.45, 2.75) is 19.8 Å². The van der Waals surface area contributed by atoms with Gasteiger partial charge in [0.15, 0.2) is 0 Å². The van der Waals surface area contributed by atoms with Crippen molar-refractivity contribution in [2.24, 2.45) is 0 Å². The molecule has 0 aliphatic heterocycles. The van der Waals surface area contributed by atoms with Crippen LogP contribution in [0, 0.1) is 0 Å². The lowest BCUT2D eigenvalue weighted by molar-refractivity contribution is 0.845. The van der Waals surface area contributed by atoms with Crippen molar-refractivity contribution < 1.29 is 0 Å². The Morgan fingerprint density at radius 2 is 2.46 bits per heavy atom. The molecule has 0 fully saturated rings. The maximum Gasteiger partial charge on any atom is 0.252 e. The third-order valence-corrected chi connectivity index (χ3v) is 1.90. The van der Waals surface area contributed by atoms with Crippen LogP contribution < -0.4 is 5.56 Å². The minimum atomic E-state index is -0.121. The summed E-state index contributed by atoms with van der Waals surface area (Å²) >= 11 is 0. The van der Waals surface area contributed by atoms with Crippen LogP contribution in [0.1, 0.15) is 19.0 Å². The molecule has 0 bridgehead atoms. The van der Waals surface area contributed by atoms with Gasteiger partial charge in [0.25, 0.3) is 5.56 Å². The van der Waals surface area contributed by atoms with Gasteiger partial charge in [-0.05, 0) is 6.42 Å². The topological polar surface area (TPSA) is 63.0 Å². The molecule has 0 aromatic carbocycles. The van der Waals surface area contributed by atoms with Gasteiger partial charge in [-0.1, -0.05) is 13.3 Å². The molecule has 2 heterocycles. The molecule has 1 N–H and O–H groups in total. The molecule has 2 aromatic heterocycles. The molecule has 0 aliphatic rings. The van der Waals surface area contributed by atoms with E-state index in [1.165, 1.54) is 0 Å². The van der Waals surface area contributed by atoms with Gasteiger partial charge in [0, 0.05) is 11.8 Å². The van der Waals surface area contributed by atoms with Gasteiger partial charge in [0.2, 0.25) is 5.78 Å². The SMILES string of the molecule is CCCc1cc(=O)[nH]c2nncn12. The van der Waals surface area contributed by atoms with Crippen molar-refractivity contribution >= 4 is 5.78 Å². The highest BCUT2D eigenvalue weighted by Gasteiger charge is 2.02. The first-order valence-corrected chi connectivity index (χ1v) is 4.23. The predicted octanol–water partition coefficient (Wildman–Crippen LogP) is 0.370. The van der Waals surface area contributed by atoms with Crippen molar-refractivity contribution in [3.63, 3.8) is 0 Å². The Morgan fingerprint density at radius 3 is 3.23 bits per heavy atom. The first-order valence-electron chi connectivity index (χ1n) is 4.23. The average molecular weight is 178 g/mol. The van der Waals surface area contributed by atoms with Crippen LogP contribution in [0.25, 0.3) is 5.78 Å². The van der Waals surface area contributed by atoms with Crippen LogP contribution in [-0.4, -0.2) is 19.6 Å². The number of H-pyrrole nitrogens is 1. The Morgan fingerprint density at radius 1 is 1.62 bits per heavy atom. The number of aromatic nitrogens is 4. The molecular weight excluding hydrogens is 168 g/mol. The van der Waals surface area contributed by atoms with Crippen LogP contribution in [-0.2, 0) is 6.42 Å². The molecule has 5 heteroatoms. The number of hydrogen-bond donors (Lipinski definition) is 1. The first-order chi connectivity index (χ1) is 6.31. The minimum absolute atomic E-state index is 0.121. The van der Waals surface area contributed by atoms with Crippen LogP contribution in [0.2, 0.25) is 0 Å². The average Bonchev–Trinajstić information content (AvgIpc) is 2.52. The number of hydrogen-bond acceptors (Lipinski definition) is 3. The monoisotopic (exact) mass is 178 g/mol.